The Balaban J connectivity index is 2.21. The highest BCUT2D eigenvalue weighted by molar-refractivity contribution is 9.10. The average molecular weight is 336 g/mol. The molecule has 0 spiro atoms. The number of benzene rings is 2. The van der Waals surface area contributed by atoms with Crippen LogP contribution < -0.4 is 4.74 Å². The Kier molecular flexibility index (Phi) is 4.74. The Morgan fingerprint density at radius 3 is 2.65 bits per heavy atom. The lowest BCUT2D eigenvalue weighted by Crippen LogP contribution is -2.02. The third kappa shape index (κ3) is 3.36. The summed E-state index contributed by atoms with van der Waals surface area (Å²) in [6, 6.07) is 12.7. The van der Waals surface area contributed by atoms with E-state index in [2.05, 4.69) is 15.9 Å². The lowest BCUT2D eigenvalue weighted by Gasteiger charge is -2.10. The largest absolute Gasteiger partial charge is 0.488 e. The van der Waals surface area contributed by atoms with Gasteiger partial charge in [-0.2, -0.15) is 0 Å². The van der Waals surface area contributed by atoms with Gasteiger partial charge < -0.3 is 4.74 Å². The molecule has 0 saturated heterocycles. The summed E-state index contributed by atoms with van der Waals surface area (Å²) in [6.45, 7) is 2.23. The zero-order valence-electron chi connectivity index (χ0n) is 11.0. The maximum Gasteiger partial charge on any atom is 0.277 e. The molecule has 0 aliphatic carbocycles. The molecule has 0 saturated carbocycles. The monoisotopic (exact) mass is 335 g/mol. The van der Waals surface area contributed by atoms with Gasteiger partial charge in [-0.25, -0.2) is 0 Å². The van der Waals surface area contributed by atoms with Gasteiger partial charge in [-0.1, -0.05) is 41.1 Å². The van der Waals surface area contributed by atoms with Gasteiger partial charge in [0.05, 0.1) is 10.5 Å². The van der Waals surface area contributed by atoms with Crippen LogP contribution in [0.4, 0.5) is 5.69 Å². The fraction of sp³-hybridized carbons (Fsp3) is 0.200. The predicted octanol–water partition coefficient (Wildman–Crippen LogP) is 4.50. The summed E-state index contributed by atoms with van der Waals surface area (Å²) in [5.41, 5.74) is 1.71. The smallest absolute Gasteiger partial charge is 0.277 e. The molecule has 5 heteroatoms. The van der Waals surface area contributed by atoms with Crippen LogP contribution in [0.1, 0.15) is 18.1 Å². The van der Waals surface area contributed by atoms with Crippen molar-refractivity contribution in [3.05, 3.63) is 68.2 Å². The molecule has 0 fully saturated rings. The molecule has 0 heterocycles. The predicted molar refractivity (Wildman–Crippen MR) is 80.9 cm³/mol. The van der Waals surface area contributed by atoms with Crippen molar-refractivity contribution in [2.45, 2.75) is 20.0 Å². The topological polar surface area (TPSA) is 52.4 Å². The summed E-state index contributed by atoms with van der Waals surface area (Å²) in [7, 11) is 0. The maximum atomic E-state index is 11.0. The van der Waals surface area contributed by atoms with Crippen LogP contribution in [0.5, 0.6) is 5.75 Å². The van der Waals surface area contributed by atoms with Crippen molar-refractivity contribution in [3.63, 3.8) is 0 Å². The highest BCUT2D eigenvalue weighted by Crippen LogP contribution is 2.26. The summed E-state index contributed by atoms with van der Waals surface area (Å²) < 4.78 is 6.41. The standard InChI is InChI=1S/C15H14BrNO3/c1-2-11-5-3-4-6-15(11)20-10-12-7-8-13(16)9-14(12)17(18)19/h3-9H,2,10H2,1H3. The van der Waals surface area contributed by atoms with Crippen LogP contribution in [0.2, 0.25) is 0 Å². The van der Waals surface area contributed by atoms with Gasteiger partial charge in [0.2, 0.25) is 0 Å². The fourth-order valence-corrected chi connectivity index (χ4v) is 2.27. The molecule has 2 aromatic rings. The number of para-hydroxylation sites is 1. The molecule has 0 unspecified atom stereocenters. The van der Waals surface area contributed by atoms with E-state index >= 15 is 0 Å². The Morgan fingerprint density at radius 2 is 1.95 bits per heavy atom. The van der Waals surface area contributed by atoms with Gasteiger partial charge in [-0.05, 0) is 30.2 Å². The van der Waals surface area contributed by atoms with Crippen LogP contribution in [-0.4, -0.2) is 4.92 Å². The molecule has 2 aromatic carbocycles. The van der Waals surface area contributed by atoms with Crippen LogP contribution in [0.15, 0.2) is 46.9 Å². The molecule has 0 bridgehead atoms. The highest BCUT2D eigenvalue weighted by Gasteiger charge is 2.15. The molecule has 0 aliphatic rings. The molecule has 0 atom stereocenters. The van der Waals surface area contributed by atoms with Crippen LogP contribution in [0.3, 0.4) is 0 Å². The highest BCUT2D eigenvalue weighted by atomic mass is 79.9. The minimum Gasteiger partial charge on any atom is -0.488 e. The SMILES string of the molecule is CCc1ccccc1OCc1ccc(Br)cc1[N+](=O)[O-]. The molecule has 104 valence electrons. The number of aryl methyl sites for hydroxylation is 1. The van der Waals surface area contributed by atoms with Crippen molar-refractivity contribution in [3.8, 4) is 5.75 Å². The number of rotatable bonds is 5. The van der Waals surface area contributed by atoms with Crippen LogP contribution in [0.25, 0.3) is 0 Å². The Hall–Kier alpha value is -1.88. The molecule has 0 aliphatic heterocycles. The molecule has 4 nitrogen and oxygen atoms in total. The van der Waals surface area contributed by atoms with Crippen molar-refractivity contribution in [1.82, 2.24) is 0 Å². The quantitative estimate of drug-likeness (QED) is 0.597. The first-order valence-electron chi connectivity index (χ1n) is 6.25. The Labute approximate surface area is 125 Å². The number of hydrogen-bond donors (Lipinski definition) is 0. The van der Waals surface area contributed by atoms with E-state index in [1.807, 2.05) is 31.2 Å². The minimum atomic E-state index is -0.394. The molecular formula is C15H14BrNO3. The zero-order valence-corrected chi connectivity index (χ0v) is 12.6. The summed E-state index contributed by atoms with van der Waals surface area (Å²) in [6.07, 6.45) is 0.860. The van der Waals surface area contributed by atoms with Crippen LogP contribution in [0, 0.1) is 10.1 Å². The van der Waals surface area contributed by atoms with Gasteiger partial charge in [-0.15, -0.1) is 0 Å². The molecule has 0 N–H and O–H groups in total. The summed E-state index contributed by atoms with van der Waals surface area (Å²) >= 11 is 3.24. The first-order valence-corrected chi connectivity index (χ1v) is 7.04. The fourth-order valence-electron chi connectivity index (χ4n) is 1.92. The van der Waals surface area contributed by atoms with E-state index in [4.69, 9.17) is 4.74 Å². The molecule has 0 aromatic heterocycles. The van der Waals surface area contributed by atoms with Gasteiger partial charge in [0.1, 0.15) is 12.4 Å². The lowest BCUT2D eigenvalue weighted by atomic mass is 10.1. The first kappa shape index (κ1) is 14.5. The number of nitro benzene ring substituents is 1. The summed E-state index contributed by atoms with van der Waals surface area (Å²) in [5, 5.41) is 11.0. The third-order valence-electron chi connectivity index (χ3n) is 2.98. The number of ether oxygens (including phenoxy) is 1. The van der Waals surface area contributed by atoms with Crippen LogP contribution in [-0.2, 0) is 13.0 Å². The van der Waals surface area contributed by atoms with Crippen molar-refractivity contribution in [1.29, 1.82) is 0 Å². The van der Waals surface area contributed by atoms with Gasteiger partial charge >= 0.3 is 0 Å². The Morgan fingerprint density at radius 1 is 1.20 bits per heavy atom. The van der Waals surface area contributed by atoms with Crippen molar-refractivity contribution < 1.29 is 9.66 Å². The normalized spacial score (nSPS) is 10.3. The van der Waals surface area contributed by atoms with E-state index in [1.54, 1.807) is 12.1 Å². The minimum absolute atomic E-state index is 0.0633. The third-order valence-corrected chi connectivity index (χ3v) is 3.47. The molecule has 0 amide bonds. The maximum absolute atomic E-state index is 11.0. The first-order chi connectivity index (χ1) is 9.61. The molecule has 0 radical (unpaired) electrons. The number of nitro groups is 1. The molecule has 20 heavy (non-hydrogen) atoms. The van der Waals surface area contributed by atoms with Crippen molar-refractivity contribution in [2.24, 2.45) is 0 Å². The zero-order chi connectivity index (χ0) is 14.5. The summed E-state index contributed by atoms with van der Waals surface area (Å²) in [5.74, 6) is 0.771. The van der Waals surface area contributed by atoms with Gasteiger partial charge in [0.15, 0.2) is 0 Å². The summed E-state index contributed by atoms with van der Waals surface area (Å²) in [4.78, 5) is 10.6. The van der Waals surface area contributed by atoms with Crippen molar-refractivity contribution >= 4 is 21.6 Å². The van der Waals surface area contributed by atoms with E-state index in [0.717, 1.165) is 17.7 Å². The van der Waals surface area contributed by atoms with Gasteiger partial charge in [-0.3, -0.25) is 10.1 Å². The number of nitrogens with zero attached hydrogens (tertiary/aromatic N) is 1. The second-order valence-corrected chi connectivity index (χ2v) is 5.20. The second kappa shape index (κ2) is 6.52. The molecular weight excluding hydrogens is 322 g/mol. The number of hydrogen-bond acceptors (Lipinski definition) is 3. The Bertz CT molecular complexity index is 628. The lowest BCUT2D eigenvalue weighted by molar-refractivity contribution is -0.385. The van der Waals surface area contributed by atoms with E-state index < -0.39 is 4.92 Å². The average Bonchev–Trinajstić information content (AvgIpc) is 2.46. The number of halogens is 1. The van der Waals surface area contributed by atoms with E-state index in [-0.39, 0.29) is 12.3 Å². The van der Waals surface area contributed by atoms with Crippen molar-refractivity contribution in [2.75, 3.05) is 0 Å². The van der Waals surface area contributed by atoms with Crippen LogP contribution >= 0.6 is 15.9 Å². The van der Waals surface area contributed by atoms with Gasteiger partial charge in [0.25, 0.3) is 5.69 Å². The molecule has 2 rings (SSSR count). The van der Waals surface area contributed by atoms with E-state index in [9.17, 15) is 10.1 Å². The van der Waals surface area contributed by atoms with E-state index in [1.165, 1.54) is 6.07 Å². The van der Waals surface area contributed by atoms with E-state index in [0.29, 0.717) is 10.0 Å². The van der Waals surface area contributed by atoms with Gasteiger partial charge in [0, 0.05) is 10.5 Å². The second-order valence-electron chi connectivity index (χ2n) is 4.28.